The van der Waals surface area contributed by atoms with Gasteiger partial charge < -0.3 is 14.5 Å². The molecule has 0 radical (unpaired) electrons. The maximum atomic E-state index is 12.8. The number of furan rings is 1. The third-order valence-electron chi connectivity index (χ3n) is 5.30. The molecule has 8 heteroatoms. The molecule has 1 aliphatic carbocycles. The number of para-hydroxylation sites is 2. The molecule has 0 fully saturated rings. The number of methoxy groups -OCH3 is 1. The molecule has 0 saturated carbocycles. The van der Waals surface area contributed by atoms with Crippen molar-refractivity contribution in [2.24, 2.45) is 5.10 Å². The van der Waals surface area contributed by atoms with Crippen LogP contribution in [-0.2, 0) is 6.42 Å². The molecule has 2 N–H and O–H groups in total. The second-order valence-electron chi connectivity index (χ2n) is 7.34. The fourth-order valence-corrected chi connectivity index (χ4v) is 3.93. The van der Waals surface area contributed by atoms with E-state index in [9.17, 15) is 9.59 Å². The van der Waals surface area contributed by atoms with Crippen LogP contribution in [0.25, 0.3) is 0 Å². The van der Waals surface area contributed by atoms with Gasteiger partial charge in [0.25, 0.3) is 11.8 Å². The number of hydrazone groups is 1. The largest absolute Gasteiger partial charge is 0.496 e. The van der Waals surface area contributed by atoms with E-state index in [4.69, 9.17) is 20.8 Å². The van der Waals surface area contributed by atoms with Gasteiger partial charge in [-0.05, 0) is 44.0 Å². The van der Waals surface area contributed by atoms with Crippen molar-refractivity contribution >= 4 is 34.8 Å². The van der Waals surface area contributed by atoms with Crippen molar-refractivity contribution in [3.8, 4) is 5.75 Å². The Morgan fingerprint density at radius 1 is 1.06 bits per heavy atom. The number of nitrogens with zero attached hydrogens (tertiary/aromatic N) is 1. The van der Waals surface area contributed by atoms with Gasteiger partial charge in [0.1, 0.15) is 11.5 Å². The van der Waals surface area contributed by atoms with Crippen molar-refractivity contribution in [3.63, 3.8) is 0 Å². The van der Waals surface area contributed by atoms with Gasteiger partial charge in [0.15, 0.2) is 5.76 Å². The zero-order valence-corrected chi connectivity index (χ0v) is 18.5. The number of benzene rings is 2. The van der Waals surface area contributed by atoms with Crippen molar-refractivity contribution in [3.05, 3.63) is 81.8 Å². The molecule has 0 saturated heterocycles. The van der Waals surface area contributed by atoms with E-state index in [1.165, 1.54) is 7.11 Å². The van der Waals surface area contributed by atoms with Crippen LogP contribution in [0.4, 0.5) is 5.69 Å². The van der Waals surface area contributed by atoms with Gasteiger partial charge in [-0.3, -0.25) is 9.59 Å². The van der Waals surface area contributed by atoms with Crippen molar-refractivity contribution < 1.29 is 18.7 Å². The van der Waals surface area contributed by atoms with Gasteiger partial charge >= 0.3 is 0 Å². The average Bonchev–Trinajstić information content (AvgIpc) is 3.16. The minimum absolute atomic E-state index is 0.209. The Hall–Kier alpha value is -3.58. The molecule has 3 aromatic rings. The molecule has 2 amide bonds. The minimum Gasteiger partial charge on any atom is -0.496 e. The first-order chi connectivity index (χ1) is 15.5. The van der Waals surface area contributed by atoms with Gasteiger partial charge in [-0.1, -0.05) is 35.9 Å². The van der Waals surface area contributed by atoms with Crippen LogP contribution in [0.3, 0.4) is 0 Å². The highest BCUT2D eigenvalue weighted by molar-refractivity contribution is 6.33. The van der Waals surface area contributed by atoms with Crippen LogP contribution in [0.2, 0.25) is 5.02 Å². The fourth-order valence-electron chi connectivity index (χ4n) is 3.75. The van der Waals surface area contributed by atoms with Crippen LogP contribution in [0.1, 0.15) is 50.6 Å². The number of hydrogen-bond donors (Lipinski definition) is 2. The zero-order chi connectivity index (χ0) is 22.7. The van der Waals surface area contributed by atoms with E-state index in [1.807, 2.05) is 6.92 Å². The molecule has 0 spiro atoms. The summed E-state index contributed by atoms with van der Waals surface area (Å²) in [6, 6.07) is 13.9. The quantitative estimate of drug-likeness (QED) is 0.535. The van der Waals surface area contributed by atoms with Gasteiger partial charge in [0.2, 0.25) is 0 Å². The minimum atomic E-state index is -0.387. The maximum Gasteiger partial charge on any atom is 0.291 e. The Labute approximate surface area is 190 Å². The van der Waals surface area contributed by atoms with E-state index in [-0.39, 0.29) is 17.6 Å². The van der Waals surface area contributed by atoms with E-state index in [0.717, 1.165) is 12.0 Å². The normalized spacial score (nSPS) is 14.0. The highest BCUT2D eigenvalue weighted by atomic mass is 35.5. The number of carbonyl (C=O) groups is 2. The summed E-state index contributed by atoms with van der Waals surface area (Å²) in [7, 11) is 1.51. The summed E-state index contributed by atoms with van der Waals surface area (Å²) in [5, 5.41) is 7.59. The fraction of sp³-hybridized carbons (Fsp3) is 0.208. The summed E-state index contributed by atoms with van der Waals surface area (Å²) in [5.74, 6) is 0.596. The lowest BCUT2D eigenvalue weighted by Gasteiger charge is -2.14. The first kappa shape index (κ1) is 21.6. The predicted octanol–water partition coefficient (Wildman–Crippen LogP) is 4.97. The molecular weight excluding hydrogens is 430 g/mol. The van der Waals surface area contributed by atoms with Gasteiger partial charge in [0, 0.05) is 17.5 Å². The third-order valence-corrected chi connectivity index (χ3v) is 5.63. The van der Waals surface area contributed by atoms with Gasteiger partial charge in [0.05, 0.1) is 29.1 Å². The average molecular weight is 452 g/mol. The summed E-state index contributed by atoms with van der Waals surface area (Å²) >= 11 is 6.15. The number of carbonyl (C=O) groups excluding carboxylic acids is 2. The molecule has 1 aliphatic rings. The molecule has 0 aliphatic heterocycles. The topological polar surface area (TPSA) is 92.9 Å². The Kier molecular flexibility index (Phi) is 6.28. The lowest BCUT2D eigenvalue weighted by atomic mass is 9.93. The molecule has 1 heterocycles. The monoisotopic (exact) mass is 451 g/mol. The highest BCUT2D eigenvalue weighted by Crippen LogP contribution is 2.31. The Bertz CT molecular complexity index is 1220. The van der Waals surface area contributed by atoms with E-state index >= 15 is 0 Å². The van der Waals surface area contributed by atoms with Crippen molar-refractivity contribution in [2.75, 3.05) is 12.4 Å². The Morgan fingerprint density at radius 2 is 1.81 bits per heavy atom. The van der Waals surface area contributed by atoms with Crippen LogP contribution < -0.4 is 15.5 Å². The molecule has 0 unspecified atom stereocenters. The number of amides is 2. The Morgan fingerprint density at radius 3 is 2.59 bits per heavy atom. The van der Waals surface area contributed by atoms with Gasteiger partial charge in [-0.15, -0.1) is 0 Å². The van der Waals surface area contributed by atoms with E-state index in [1.54, 1.807) is 48.5 Å². The summed E-state index contributed by atoms with van der Waals surface area (Å²) in [4.78, 5) is 25.5. The zero-order valence-electron chi connectivity index (χ0n) is 17.7. The molecule has 4 rings (SSSR count). The second kappa shape index (κ2) is 9.28. The number of aryl methyl sites for hydroxylation is 1. The number of halogens is 1. The first-order valence-corrected chi connectivity index (χ1v) is 10.6. The number of rotatable bonds is 5. The maximum absolute atomic E-state index is 12.8. The molecule has 32 heavy (non-hydrogen) atoms. The van der Waals surface area contributed by atoms with Crippen LogP contribution in [0.5, 0.6) is 5.75 Å². The summed E-state index contributed by atoms with van der Waals surface area (Å²) in [6.07, 6.45) is 2.15. The lowest BCUT2D eigenvalue weighted by Crippen LogP contribution is -2.22. The highest BCUT2D eigenvalue weighted by Gasteiger charge is 2.28. The molecule has 0 bridgehead atoms. The SMILES string of the molecule is COc1ccccc1C(=O)N/N=C1\CCCc2oc(C(=O)Nc3ccccc3Cl)c(C)c21. The lowest BCUT2D eigenvalue weighted by molar-refractivity contribution is 0.0950. The van der Waals surface area contributed by atoms with Crippen LogP contribution in [0.15, 0.2) is 58.0 Å². The Balaban J connectivity index is 1.58. The van der Waals surface area contributed by atoms with Crippen molar-refractivity contribution in [1.82, 2.24) is 5.43 Å². The summed E-state index contributed by atoms with van der Waals surface area (Å²) < 4.78 is 11.1. The number of hydrogen-bond acceptors (Lipinski definition) is 5. The van der Waals surface area contributed by atoms with Gasteiger partial charge in [-0.2, -0.15) is 5.10 Å². The summed E-state index contributed by atoms with van der Waals surface area (Å²) in [6.45, 7) is 1.81. The van der Waals surface area contributed by atoms with Crippen molar-refractivity contribution in [2.45, 2.75) is 26.2 Å². The third kappa shape index (κ3) is 4.24. The van der Waals surface area contributed by atoms with Crippen LogP contribution in [-0.4, -0.2) is 24.6 Å². The smallest absolute Gasteiger partial charge is 0.291 e. The van der Waals surface area contributed by atoms with Crippen LogP contribution in [0, 0.1) is 6.92 Å². The van der Waals surface area contributed by atoms with Gasteiger partial charge in [-0.25, -0.2) is 5.43 Å². The molecule has 7 nitrogen and oxygen atoms in total. The number of anilines is 1. The van der Waals surface area contributed by atoms with E-state index in [2.05, 4.69) is 15.8 Å². The number of nitrogens with one attached hydrogen (secondary N) is 2. The second-order valence-corrected chi connectivity index (χ2v) is 7.75. The first-order valence-electron chi connectivity index (χ1n) is 10.2. The van der Waals surface area contributed by atoms with Crippen LogP contribution >= 0.6 is 11.6 Å². The number of ether oxygens (including phenoxy) is 1. The molecule has 1 aromatic heterocycles. The molecular formula is C24H22ClN3O4. The number of fused-ring (bicyclic) bond motifs is 1. The summed E-state index contributed by atoms with van der Waals surface area (Å²) in [5.41, 5.74) is 5.61. The standard InChI is InChI=1S/C24H22ClN3O4/c1-14-21-18(27-28-23(29)15-8-3-6-12-19(15)31-2)11-7-13-20(21)32-22(14)24(30)26-17-10-5-4-9-16(17)25/h3-6,8-10,12H,7,11,13H2,1-2H3,(H,26,30)(H,28,29)/b27-18+. The molecule has 0 atom stereocenters. The molecule has 2 aromatic carbocycles. The molecule has 164 valence electrons. The van der Waals surface area contributed by atoms with Crippen molar-refractivity contribution in [1.29, 1.82) is 0 Å². The predicted molar refractivity (Wildman–Crippen MR) is 123 cm³/mol. The van der Waals surface area contributed by atoms with E-state index in [0.29, 0.717) is 51.9 Å². The van der Waals surface area contributed by atoms with E-state index < -0.39 is 0 Å².